The zero-order valence-corrected chi connectivity index (χ0v) is 9.89. The van der Waals surface area contributed by atoms with Gasteiger partial charge in [-0.2, -0.15) is 5.10 Å². The average molecular weight is 236 g/mol. The third kappa shape index (κ3) is 2.27. The van der Waals surface area contributed by atoms with Gasteiger partial charge >= 0.3 is 0 Å². The largest absolute Gasteiger partial charge is 0.346 e. The van der Waals surface area contributed by atoms with Gasteiger partial charge in [0.2, 0.25) is 0 Å². The lowest BCUT2D eigenvalue weighted by Crippen LogP contribution is -2.23. The van der Waals surface area contributed by atoms with E-state index in [1.807, 2.05) is 19.2 Å². The van der Waals surface area contributed by atoms with Crippen LogP contribution in [0, 0.1) is 13.8 Å². The van der Waals surface area contributed by atoms with E-state index in [1.165, 1.54) is 6.20 Å². The zero-order valence-electron chi connectivity index (χ0n) is 9.07. The summed E-state index contributed by atoms with van der Waals surface area (Å²) in [7, 11) is 0. The van der Waals surface area contributed by atoms with Crippen LogP contribution in [0.25, 0.3) is 0 Å². The fourth-order valence-corrected chi connectivity index (χ4v) is 1.95. The first kappa shape index (κ1) is 10.8. The predicted octanol–water partition coefficient (Wildman–Crippen LogP) is 1.41. The summed E-state index contributed by atoms with van der Waals surface area (Å²) in [5, 5.41) is 12.3. The molecule has 0 saturated heterocycles. The van der Waals surface area contributed by atoms with E-state index in [9.17, 15) is 4.79 Å². The van der Waals surface area contributed by atoms with Crippen LogP contribution in [0.4, 0.5) is 0 Å². The number of carbonyl (C=O) groups is 1. The van der Waals surface area contributed by atoms with Gasteiger partial charge in [-0.25, -0.2) is 4.98 Å². The predicted molar refractivity (Wildman–Crippen MR) is 61.3 cm³/mol. The highest BCUT2D eigenvalue weighted by Gasteiger charge is 2.10. The second kappa shape index (κ2) is 4.44. The van der Waals surface area contributed by atoms with Gasteiger partial charge in [0.1, 0.15) is 0 Å². The molecule has 2 rings (SSSR count). The molecule has 2 aromatic heterocycles. The molecule has 0 radical (unpaired) electrons. The second-order valence-corrected chi connectivity index (χ2v) is 4.51. The Morgan fingerprint density at radius 1 is 1.56 bits per heavy atom. The lowest BCUT2D eigenvalue weighted by Gasteiger charge is -2.01. The van der Waals surface area contributed by atoms with Gasteiger partial charge < -0.3 is 5.32 Å². The first-order valence-electron chi connectivity index (χ1n) is 4.86. The van der Waals surface area contributed by atoms with Crippen molar-refractivity contribution in [2.24, 2.45) is 0 Å². The Hall–Kier alpha value is -1.69. The first-order valence-corrected chi connectivity index (χ1v) is 5.74. The summed E-state index contributed by atoms with van der Waals surface area (Å²) < 4.78 is 0. The van der Waals surface area contributed by atoms with Crippen LogP contribution in [-0.2, 0) is 6.54 Å². The van der Waals surface area contributed by atoms with E-state index in [1.54, 1.807) is 11.3 Å². The Balaban J connectivity index is 1.96. The number of carbonyl (C=O) groups excluding carboxylic acids is 1. The van der Waals surface area contributed by atoms with Crippen molar-refractivity contribution in [3.63, 3.8) is 0 Å². The van der Waals surface area contributed by atoms with Gasteiger partial charge in [0.25, 0.3) is 5.91 Å². The van der Waals surface area contributed by atoms with Gasteiger partial charge in [-0.1, -0.05) is 0 Å². The lowest BCUT2D eigenvalue weighted by molar-refractivity contribution is 0.0950. The molecule has 0 bridgehead atoms. The SMILES string of the molecule is Cc1nc(CNC(=O)c2cn[nH]c2C)cs1. The molecule has 2 heterocycles. The molecule has 0 aromatic carbocycles. The van der Waals surface area contributed by atoms with Gasteiger partial charge in [-0.15, -0.1) is 11.3 Å². The molecule has 2 aromatic rings. The van der Waals surface area contributed by atoms with Crippen LogP contribution in [0.2, 0.25) is 0 Å². The molecule has 0 spiro atoms. The Bertz CT molecular complexity index is 502. The summed E-state index contributed by atoms with van der Waals surface area (Å²) >= 11 is 1.58. The molecule has 0 atom stereocenters. The van der Waals surface area contributed by atoms with Crippen molar-refractivity contribution in [1.29, 1.82) is 0 Å². The standard InChI is InChI=1S/C10H12N4OS/c1-6-9(4-12-14-6)10(15)11-3-8-5-16-7(2)13-8/h4-5H,3H2,1-2H3,(H,11,15)(H,12,14). The Labute approximate surface area is 96.9 Å². The summed E-state index contributed by atoms with van der Waals surface area (Å²) in [6.07, 6.45) is 1.52. The maximum atomic E-state index is 11.7. The van der Waals surface area contributed by atoms with Crippen LogP contribution in [-0.4, -0.2) is 21.1 Å². The minimum Gasteiger partial charge on any atom is -0.346 e. The molecule has 0 unspecified atom stereocenters. The van der Waals surface area contributed by atoms with Crippen molar-refractivity contribution in [3.05, 3.63) is 33.5 Å². The monoisotopic (exact) mass is 236 g/mol. The van der Waals surface area contributed by atoms with Gasteiger partial charge in [0.05, 0.1) is 29.0 Å². The second-order valence-electron chi connectivity index (χ2n) is 3.45. The van der Waals surface area contributed by atoms with E-state index in [2.05, 4.69) is 20.5 Å². The van der Waals surface area contributed by atoms with Crippen molar-refractivity contribution >= 4 is 17.2 Å². The van der Waals surface area contributed by atoms with Crippen LogP contribution < -0.4 is 5.32 Å². The van der Waals surface area contributed by atoms with Crippen molar-refractivity contribution in [3.8, 4) is 0 Å². The third-order valence-electron chi connectivity index (χ3n) is 2.17. The summed E-state index contributed by atoms with van der Waals surface area (Å²) in [6.45, 7) is 4.21. The van der Waals surface area contributed by atoms with Crippen molar-refractivity contribution in [2.45, 2.75) is 20.4 Å². The normalized spacial score (nSPS) is 10.4. The molecule has 0 saturated carbocycles. The Kier molecular flexibility index (Phi) is 3.00. The number of aromatic nitrogens is 3. The smallest absolute Gasteiger partial charge is 0.255 e. The molecular formula is C10H12N4OS. The van der Waals surface area contributed by atoms with E-state index in [-0.39, 0.29) is 5.91 Å². The number of nitrogens with zero attached hydrogens (tertiary/aromatic N) is 2. The molecule has 2 N–H and O–H groups in total. The molecule has 16 heavy (non-hydrogen) atoms. The third-order valence-corrected chi connectivity index (χ3v) is 2.99. The van der Waals surface area contributed by atoms with Gasteiger partial charge in [0.15, 0.2) is 0 Å². The number of rotatable bonds is 3. The lowest BCUT2D eigenvalue weighted by atomic mass is 10.2. The molecule has 84 valence electrons. The number of H-pyrrole nitrogens is 1. The maximum Gasteiger partial charge on any atom is 0.255 e. The van der Waals surface area contributed by atoms with E-state index in [0.29, 0.717) is 12.1 Å². The van der Waals surface area contributed by atoms with Crippen LogP contribution in [0.3, 0.4) is 0 Å². The number of hydrogen-bond donors (Lipinski definition) is 2. The summed E-state index contributed by atoms with van der Waals surface area (Å²) in [5.41, 5.74) is 2.23. The zero-order chi connectivity index (χ0) is 11.5. The summed E-state index contributed by atoms with van der Waals surface area (Å²) in [5.74, 6) is -0.128. The quantitative estimate of drug-likeness (QED) is 0.846. The highest BCUT2D eigenvalue weighted by molar-refractivity contribution is 7.09. The van der Waals surface area contributed by atoms with E-state index < -0.39 is 0 Å². The number of hydrogen-bond acceptors (Lipinski definition) is 4. The highest BCUT2D eigenvalue weighted by Crippen LogP contribution is 2.08. The number of nitrogens with one attached hydrogen (secondary N) is 2. The van der Waals surface area contributed by atoms with Gasteiger partial charge in [-0.3, -0.25) is 9.89 Å². The topological polar surface area (TPSA) is 70.7 Å². The van der Waals surface area contributed by atoms with Crippen molar-refractivity contribution < 1.29 is 4.79 Å². The van der Waals surface area contributed by atoms with E-state index >= 15 is 0 Å². The molecule has 5 nitrogen and oxygen atoms in total. The molecule has 0 aliphatic rings. The molecule has 0 aliphatic carbocycles. The highest BCUT2D eigenvalue weighted by atomic mass is 32.1. The van der Waals surface area contributed by atoms with Crippen LogP contribution in [0.5, 0.6) is 0 Å². The molecular weight excluding hydrogens is 224 g/mol. The van der Waals surface area contributed by atoms with Gasteiger partial charge in [-0.05, 0) is 13.8 Å². The fourth-order valence-electron chi connectivity index (χ4n) is 1.34. The Morgan fingerprint density at radius 3 is 2.94 bits per heavy atom. The summed E-state index contributed by atoms with van der Waals surface area (Å²) in [6, 6.07) is 0. The van der Waals surface area contributed by atoms with Crippen LogP contribution >= 0.6 is 11.3 Å². The molecule has 1 amide bonds. The summed E-state index contributed by atoms with van der Waals surface area (Å²) in [4.78, 5) is 16.0. The van der Waals surface area contributed by atoms with Crippen molar-refractivity contribution in [1.82, 2.24) is 20.5 Å². The van der Waals surface area contributed by atoms with Crippen LogP contribution in [0.15, 0.2) is 11.6 Å². The maximum absolute atomic E-state index is 11.7. The number of aromatic amines is 1. The molecule has 6 heteroatoms. The van der Waals surface area contributed by atoms with Crippen LogP contribution in [0.1, 0.15) is 26.8 Å². The van der Waals surface area contributed by atoms with E-state index in [0.717, 1.165) is 16.4 Å². The fraction of sp³-hybridized carbons (Fsp3) is 0.300. The van der Waals surface area contributed by atoms with E-state index in [4.69, 9.17) is 0 Å². The molecule has 0 aliphatic heterocycles. The van der Waals surface area contributed by atoms with Crippen molar-refractivity contribution in [2.75, 3.05) is 0 Å². The number of thiazole rings is 1. The Morgan fingerprint density at radius 2 is 2.38 bits per heavy atom. The molecule has 0 fully saturated rings. The minimum atomic E-state index is -0.128. The average Bonchev–Trinajstić information content (AvgIpc) is 2.84. The minimum absolute atomic E-state index is 0.128. The first-order chi connectivity index (χ1) is 7.66. The van der Waals surface area contributed by atoms with Gasteiger partial charge in [0, 0.05) is 11.1 Å². The number of aryl methyl sites for hydroxylation is 2. The number of amides is 1.